The smallest absolute Gasteiger partial charge is 0.134 e. The normalized spacial score (nSPS) is 33.5. The lowest BCUT2D eigenvalue weighted by Gasteiger charge is -2.59. The molecule has 1 aromatic carbocycles. The van der Waals surface area contributed by atoms with Gasteiger partial charge in [0.2, 0.25) is 0 Å². The first-order valence-electron chi connectivity index (χ1n) is 10.2. The average molecular weight is 353 g/mol. The van der Waals surface area contributed by atoms with Gasteiger partial charge in [0.15, 0.2) is 0 Å². The van der Waals surface area contributed by atoms with E-state index < -0.39 is 0 Å². The molecule has 4 aliphatic carbocycles. The van der Waals surface area contributed by atoms with E-state index in [0.29, 0.717) is 11.5 Å². The van der Waals surface area contributed by atoms with E-state index >= 15 is 0 Å². The second kappa shape index (κ2) is 6.23. The Hall–Kier alpha value is -1.61. The molecule has 2 aromatic rings. The van der Waals surface area contributed by atoms with Gasteiger partial charge in [-0.1, -0.05) is 0 Å². The second-order valence-corrected chi connectivity index (χ2v) is 9.16. The Morgan fingerprint density at radius 1 is 1.00 bits per heavy atom. The lowest BCUT2D eigenvalue weighted by atomic mass is 9.48. The fraction of sp³-hybridized carbons (Fsp3) is 0.565. The topological polar surface area (TPSA) is 25.2 Å². The first kappa shape index (κ1) is 16.6. The van der Waals surface area contributed by atoms with Gasteiger partial charge in [-0.2, -0.15) is 0 Å². The van der Waals surface area contributed by atoms with Gasteiger partial charge in [0, 0.05) is 11.6 Å². The van der Waals surface area contributed by atoms with Crippen molar-refractivity contribution in [1.29, 1.82) is 0 Å². The molecule has 26 heavy (non-hydrogen) atoms. The monoisotopic (exact) mass is 353 g/mol. The van der Waals surface area contributed by atoms with Crippen LogP contribution in [0.5, 0.6) is 0 Å². The van der Waals surface area contributed by atoms with Crippen molar-refractivity contribution in [2.24, 2.45) is 23.2 Å². The Morgan fingerprint density at radius 3 is 2.23 bits per heavy atom. The molecule has 4 bridgehead atoms. The molecule has 3 heteroatoms. The van der Waals surface area contributed by atoms with E-state index in [1.165, 1.54) is 50.7 Å². The van der Waals surface area contributed by atoms with Crippen LogP contribution in [0.25, 0.3) is 11.3 Å². The van der Waals surface area contributed by atoms with Crippen molar-refractivity contribution in [2.75, 3.05) is 0 Å². The number of hydrogen-bond acceptors (Lipinski definition) is 2. The van der Waals surface area contributed by atoms with Crippen LogP contribution in [-0.2, 0) is 6.54 Å². The van der Waals surface area contributed by atoms with Crippen molar-refractivity contribution in [3.8, 4) is 11.3 Å². The van der Waals surface area contributed by atoms with Gasteiger partial charge >= 0.3 is 0 Å². The van der Waals surface area contributed by atoms with E-state index in [1.54, 1.807) is 12.1 Å². The summed E-state index contributed by atoms with van der Waals surface area (Å²) < 4.78 is 19.1. The molecule has 0 spiro atoms. The summed E-state index contributed by atoms with van der Waals surface area (Å²) in [4.78, 5) is 0. The third-order valence-corrected chi connectivity index (χ3v) is 7.38. The summed E-state index contributed by atoms with van der Waals surface area (Å²) in [5, 5.41) is 3.78. The molecule has 1 heterocycles. The van der Waals surface area contributed by atoms with E-state index in [9.17, 15) is 4.39 Å². The molecule has 0 amide bonds. The Kier molecular flexibility index (Phi) is 3.97. The number of rotatable bonds is 5. The molecule has 138 valence electrons. The van der Waals surface area contributed by atoms with Crippen molar-refractivity contribution in [2.45, 2.75) is 58.0 Å². The molecule has 0 saturated heterocycles. The van der Waals surface area contributed by atoms with Gasteiger partial charge in [-0.25, -0.2) is 4.39 Å². The number of hydrogen-bond donors (Lipinski definition) is 1. The molecular weight excluding hydrogens is 325 g/mol. The maximum atomic E-state index is 13.1. The number of benzene rings is 1. The highest BCUT2D eigenvalue weighted by molar-refractivity contribution is 5.57. The molecule has 4 saturated carbocycles. The second-order valence-electron chi connectivity index (χ2n) is 9.16. The van der Waals surface area contributed by atoms with E-state index in [1.807, 2.05) is 12.1 Å². The van der Waals surface area contributed by atoms with Gasteiger partial charge in [0.1, 0.15) is 17.3 Å². The lowest BCUT2D eigenvalue weighted by Crippen LogP contribution is -2.54. The van der Waals surface area contributed by atoms with Crippen LogP contribution < -0.4 is 5.32 Å². The zero-order valence-corrected chi connectivity index (χ0v) is 15.5. The van der Waals surface area contributed by atoms with Gasteiger partial charge in [0.25, 0.3) is 0 Å². The first-order valence-corrected chi connectivity index (χ1v) is 10.2. The fourth-order valence-corrected chi connectivity index (χ4v) is 6.42. The van der Waals surface area contributed by atoms with Crippen molar-refractivity contribution in [3.05, 3.63) is 48.0 Å². The molecule has 4 fully saturated rings. The zero-order chi connectivity index (χ0) is 17.7. The van der Waals surface area contributed by atoms with Gasteiger partial charge in [-0.15, -0.1) is 0 Å². The van der Waals surface area contributed by atoms with Gasteiger partial charge in [-0.3, -0.25) is 0 Å². The highest BCUT2D eigenvalue weighted by atomic mass is 19.1. The minimum absolute atomic E-state index is 0.216. The average Bonchev–Trinajstić information content (AvgIpc) is 3.08. The zero-order valence-electron chi connectivity index (χ0n) is 15.5. The number of halogens is 1. The summed E-state index contributed by atoms with van der Waals surface area (Å²) in [5.74, 6) is 4.51. The summed E-state index contributed by atoms with van der Waals surface area (Å²) in [6.45, 7) is 3.15. The number of furan rings is 1. The Labute approximate surface area is 155 Å². The molecule has 0 radical (unpaired) electrons. The van der Waals surface area contributed by atoms with E-state index in [2.05, 4.69) is 12.2 Å². The van der Waals surface area contributed by atoms with Gasteiger partial charge in [0.05, 0.1) is 6.54 Å². The molecule has 1 aromatic heterocycles. The summed E-state index contributed by atoms with van der Waals surface area (Å²) >= 11 is 0. The summed E-state index contributed by atoms with van der Waals surface area (Å²) in [7, 11) is 0. The van der Waals surface area contributed by atoms with Crippen molar-refractivity contribution < 1.29 is 8.81 Å². The Balaban J connectivity index is 1.25. The Morgan fingerprint density at radius 2 is 1.62 bits per heavy atom. The van der Waals surface area contributed by atoms with Crippen molar-refractivity contribution in [3.63, 3.8) is 0 Å². The standard InChI is InChI=1S/C23H28FNO/c1-15(23-11-16-8-17(12-23)10-18(9-16)13-23)25-14-21-6-7-22(26-21)19-2-4-20(24)5-3-19/h2-7,15-18,25H,8-14H2,1H3/t15-,16?,17?,18?,23?/m1/s1. The molecule has 2 nitrogen and oxygen atoms in total. The van der Waals surface area contributed by atoms with Crippen LogP contribution in [0.4, 0.5) is 4.39 Å². The molecular formula is C23H28FNO. The molecule has 1 atom stereocenters. The van der Waals surface area contributed by atoms with Crippen LogP contribution in [0, 0.1) is 29.0 Å². The highest BCUT2D eigenvalue weighted by Crippen LogP contribution is 2.61. The third-order valence-electron chi connectivity index (χ3n) is 7.38. The van der Waals surface area contributed by atoms with Crippen molar-refractivity contribution in [1.82, 2.24) is 5.32 Å². The highest BCUT2D eigenvalue weighted by Gasteiger charge is 2.52. The molecule has 6 rings (SSSR count). The van der Waals surface area contributed by atoms with Crippen LogP contribution in [0.15, 0.2) is 40.8 Å². The SMILES string of the molecule is C[C@@H](NCc1ccc(-c2ccc(F)cc2)o1)C12CC3CC(CC(C3)C1)C2. The van der Waals surface area contributed by atoms with Crippen LogP contribution in [0.2, 0.25) is 0 Å². The maximum Gasteiger partial charge on any atom is 0.134 e. The van der Waals surface area contributed by atoms with E-state index in [0.717, 1.165) is 41.4 Å². The molecule has 4 aliphatic rings. The fourth-order valence-electron chi connectivity index (χ4n) is 6.42. The lowest BCUT2D eigenvalue weighted by molar-refractivity contribution is -0.0708. The Bertz CT molecular complexity index is 742. The van der Waals surface area contributed by atoms with Crippen LogP contribution in [0.1, 0.15) is 51.2 Å². The molecule has 0 aliphatic heterocycles. The number of nitrogens with one attached hydrogen (secondary N) is 1. The quantitative estimate of drug-likeness (QED) is 0.737. The summed E-state index contributed by atoms with van der Waals surface area (Å²) in [5.41, 5.74) is 1.44. The first-order chi connectivity index (χ1) is 12.6. The van der Waals surface area contributed by atoms with Crippen molar-refractivity contribution >= 4 is 0 Å². The summed E-state index contributed by atoms with van der Waals surface area (Å²) in [6.07, 6.45) is 8.74. The largest absolute Gasteiger partial charge is 0.460 e. The van der Waals surface area contributed by atoms with Crippen LogP contribution in [0.3, 0.4) is 0 Å². The predicted octanol–water partition coefficient (Wildman–Crippen LogP) is 5.78. The third kappa shape index (κ3) is 2.90. The van der Waals surface area contributed by atoms with Crippen LogP contribution >= 0.6 is 0 Å². The summed E-state index contributed by atoms with van der Waals surface area (Å²) in [6, 6.07) is 11.1. The van der Waals surface area contributed by atoms with Crippen LogP contribution in [-0.4, -0.2) is 6.04 Å². The van der Waals surface area contributed by atoms with E-state index in [4.69, 9.17) is 4.42 Å². The van der Waals surface area contributed by atoms with E-state index in [-0.39, 0.29) is 5.82 Å². The van der Waals surface area contributed by atoms with Gasteiger partial charge in [-0.05, 0) is 105 Å². The predicted molar refractivity (Wildman–Crippen MR) is 101 cm³/mol. The minimum Gasteiger partial charge on any atom is -0.460 e. The molecule has 0 unspecified atom stereocenters. The molecule has 1 N–H and O–H groups in total. The minimum atomic E-state index is -0.216. The maximum absolute atomic E-state index is 13.1. The van der Waals surface area contributed by atoms with Gasteiger partial charge < -0.3 is 9.73 Å².